The Labute approximate surface area is 182 Å². The maximum atomic E-state index is 13.4. The number of pyridine rings is 1. The zero-order chi connectivity index (χ0) is 21.8. The van der Waals surface area contributed by atoms with Crippen LogP contribution in [0.4, 0.5) is 11.6 Å². The van der Waals surface area contributed by atoms with E-state index in [1.165, 1.54) is 0 Å². The summed E-state index contributed by atoms with van der Waals surface area (Å²) in [6.45, 7) is 3.92. The lowest BCUT2D eigenvalue weighted by Gasteiger charge is -2.36. The lowest BCUT2D eigenvalue weighted by Crippen LogP contribution is -2.46. The summed E-state index contributed by atoms with van der Waals surface area (Å²) in [5.41, 5.74) is 2.26. The SMILES string of the molecule is CCN(C(=O)C1CCCN(c2nc(-c3ccncc3)cc(=O)n2C)C1)c1ccccc1. The van der Waals surface area contributed by atoms with Gasteiger partial charge in [0.2, 0.25) is 11.9 Å². The van der Waals surface area contributed by atoms with Gasteiger partial charge in [0.05, 0.1) is 11.6 Å². The Morgan fingerprint density at radius 1 is 1.16 bits per heavy atom. The Bertz CT molecular complexity index is 1100. The van der Waals surface area contributed by atoms with Crippen LogP contribution in [0.3, 0.4) is 0 Å². The van der Waals surface area contributed by atoms with Gasteiger partial charge in [-0.1, -0.05) is 18.2 Å². The van der Waals surface area contributed by atoms with E-state index in [4.69, 9.17) is 4.98 Å². The number of nitrogens with zero attached hydrogens (tertiary/aromatic N) is 5. The van der Waals surface area contributed by atoms with Crippen LogP contribution in [0.1, 0.15) is 19.8 Å². The van der Waals surface area contributed by atoms with Crippen molar-refractivity contribution in [2.24, 2.45) is 13.0 Å². The molecule has 0 spiro atoms. The number of benzene rings is 1. The van der Waals surface area contributed by atoms with E-state index in [1.807, 2.05) is 54.3 Å². The molecule has 4 rings (SSSR count). The summed E-state index contributed by atoms with van der Waals surface area (Å²) in [6.07, 6.45) is 5.08. The maximum Gasteiger partial charge on any atom is 0.255 e. The maximum absolute atomic E-state index is 13.4. The number of carbonyl (C=O) groups is 1. The highest BCUT2D eigenvalue weighted by molar-refractivity contribution is 5.95. The van der Waals surface area contributed by atoms with Crippen LogP contribution in [0, 0.1) is 5.92 Å². The summed E-state index contributed by atoms with van der Waals surface area (Å²) in [7, 11) is 1.73. The molecule has 160 valence electrons. The zero-order valence-electron chi connectivity index (χ0n) is 17.9. The smallest absolute Gasteiger partial charge is 0.255 e. The average Bonchev–Trinajstić information content (AvgIpc) is 2.82. The fourth-order valence-corrected chi connectivity index (χ4v) is 4.14. The highest BCUT2D eigenvalue weighted by Gasteiger charge is 2.31. The standard InChI is InChI=1S/C24H27N5O2/c1-3-29(20-9-5-4-6-10-20)23(31)19-8-7-15-28(17-19)24-26-21(16-22(30)27(24)2)18-11-13-25-14-12-18/h4-6,9-14,16,19H,3,7-8,15,17H2,1-2H3. The minimum absolute atomic E-state index is 0.119. The van der Waals surface area contributed by atoms with Crippen molar-refractivity contribution in [2.75, 3.05) is 29.4 Å². The molecule has 1 amide bonds. The van der Waals surface area contributed by atoms with Crippen LogP contribution in [-0.2, 0) is 11.8 Å². The Hall–Kier alpha value is -3.48. The van der Waals surface area contributed by atoms with Gasteiger partial charge in [-0.15, -0.1) is 0 Å². The number of rotatable bonds is 5. The number of amides is 1. The Morgan fingerprint density at radius 2 is 1.90 bits per heavy atom. The normalized spacial score (nSPS) is 16.2. The van der Waals surface area contributed by atoms with E-state index in [2.05, 4.69) is 9.88 Å². The van der Waals surface area contributed by atoms with Gasteiger partial charge >= 0.3 is 0 Å². The quantitative estimate of drug-likeness (QED) is 0.638. The lowest BCUT2D eigenvalue weighted by molar-refractivity contribution is -0.122. The van der Waals surface area contributed by atoms with Gasteiger partial charge in [0.25, 0.3) is 5.56 Å². The van der Waals surface area contributed by atoms with Gasteiger partial charge in [-0.25, -0.2) is 4.98 Å². The first-order valence-corrected chi connectivity index (χ1v) is 10.7. The Morgan fingerprint density at radius 3 is 2.61 bits per heavy atom. The van der Waals surface area contributed by atoms with Crippen molar-refractivity contribution in [3.05, 3.63) is 71.3 Å². The molecule has 0 N–H and O–H groups in total. The molecular weight excluding hydrogens is 390 g/mol. The van der Waals surface area contributed by atoms with Gasteiger partial charge in [-0.05, 0) is 44.0 Å². The number of aromatic nitrogens is 3. The summed E-state index contributed by atoms with van der Waals surface area (Å²) < 4.78 is 1.56. The van der Waals surface area contributed by atoms with Crippen LogP contribution in [0.5, 0.6) is 0 Å². The molecule has 1 aliphatic rings. The van der Waals surface area contributed by atoms with Gasteiger partial charge < -0.3 is 9.80 Å². The Kier molecular flexibility index (Phi) is 6.11. The van der Waals surface area contributed by atoms with Gasteiger partial charge in [-0.2, -0.15) is 0 Å². The van der Waals surface area contributed by atoms with E-state index in [1.54, 1.807) is 30.1 Å². The van der Waals surface area contributed by atoms with E-state index in [9.17, 15) is 9.59 Å². The third kappa shape index (κ3) is 4.35. The van der Waals surface area contributed by atoms with Crippen LogP contribution < -0.4 is 15.4 Å². The molecule has 7 heteroatoms. The van der Waals surface area contributed by atoms with Crippen molar-refractivity contribution in [1.29, 1.82) is 0 Å². The van der Waals surface area contributed by atoms with E-state index in [0.717, 1.165) is 30.6 Å². The van der Waals surface area contributed by atoms with E-state index < -0.39 is 0 Å². The molecule has 3 heterocycles. The minimum Gasteiger partial charge on any atom is -0.341 e. The molecule has 1 atom stereocenters. The minimum atomic E-state index is -0.143. The van der Waals surface area contributed by atoms with Crippen LogP contribution >= 0.6 is 0 Å². The first kappa shape index (κ1) is 20.8. The summed E-state index contributed by atoms with van der Waals surface area (Å²) in [5, 5.41) is 0. The summed E-state index contributed by atoms with van der Waals surface area (Å²) in [4.78, 5) is 38.7. The van der Waals surface area contributed by atoms with Crippen LogP contribution in [0.15, 0.2) is 65.7 Å². The predicted octanol–water partition coefficient (Wildman–Crippen LogP) is 3.11. The largest absolute Gasteiger partial charge is 0.341 e. The molecule has 0 aliphatic carbocycles. The van der Waals surface area contributed by atoms with Crippen LogP contribution in [-0.4, -0.2) is 40.1 Å². The first-order valence-electron chi connectivity index (χ1n) is 10.7. The highest BCUT2D eigenvalue weighted by atomic mass is 16.2. The van der Waals surface area contributed by atoms with E-state index in [0.29, 0.717) is 24.7 Å². The van der Waals surface area contributed by atoms with Crippen molar-refractivity contribution in [3.63, 3.8) is 0 Å². The second-order valence-corrected chi connectivity index (χ2v) is 7.78. The van der Waals surface area contributed by atoms with Gasteiger partial charge in [0.15, 0.2) is 0 Å². The van der Waals surface area contributed by atoms with Crippen LogP contribution in [0.2, 0.25) is 0 Å². The molecule has 1 unspecified atom stereocenters. The topological polar surface area (TPSA) is 71.3 Å². The Balaban J connectivity index is 1.61. The molecule has 2 aromatic heterocycles. The van der Waals surface area contributed by atoms with Crippen LogP contribution in [0.25, 0.3) is 11.3 Å². The summed E-state index contributed by atoms with van der Waals surface area (Å²) in [5.74, 6) is 0.573. The molecule has 1 aliphatic heterocycles. The van der Waals surface area contributed by atoms with E-state index in [-0.39, 0.29) is 17.4 Å². The van der Waals surface area contributed by atoms with Gasteiger partial charge in [0.1, 0.15) is 0 Å². The van der Waals surface area contributed by atoms with Crippen molar-refractivity contribution in [3.8, 4) is 11.3 Å². The number of hydrogen-bond donors (Lipinski definition) is 0. The molecule has 31 heavy (non-hydrogen) atoms. The number of para-hydroxylation sites is 1. The predicted molar refractivity (Wildman–Crippen MR) is 122 cm³/mol. The van der Waals surface area contributed by atoms with Crippen molar-refractivity contribution in [1.82, 2.24) is 14.5 Å². The van der Waals surface area contributed by atoms with Crippen molar-refractivity contribution in [2.45, 2.75) is 19.8 Å². The number of hydrogen-bond acceptors (Lipinski definition) is 5. The molecule has 3 aromatic rings. The zero-order valence-corrected chi connectivity index (χ0v) is 17.9. The molecule has 0 radical (unpaired) electrons. The van der Waals surface area contributed by atoms with E-state index >= 15 is 0 Å². The molecular formula is C24H27N5O2. The van der Waals surface area contributed by atoms with Gasteiger partial charge in [0, 0.05) is 56.4 Å². The number of anilines is 2. The number of carbonyl (C=O) groups excluding carboxylic acids is 1. The van der Waals surface area contributed by atoms with Crippen molar-refractivity contribution >= 4 is 17.5 Å². The van der Waals surface area contributed by atoms with Crippen molar-refractivity contribution < 1.29 is 4.79 Å². The van der Waals surface area contributed by atoms with Gasteiger partial charge in [-0.3, -0.25) is 19.1 Å². The summed E-state index contributed by atoms with van der Waals surface area (Å²) in [6, 6.07) is 15.0. The molecule has 1 aromatic carbocycles. The molecule has 1 saturated heterocycles. The lowest BCUT2D eigenvalue weighted by atomic mass is 9.96. The third-order valence-electron chi connectivity index (χ3n) is 5.79. The molecule has 0 bridgehead atoms. The third-order valence-corrected chi connectivity index (χ3v) is 5.79. The monoisotopic (exact) mass is 417 g/mol. The molecule has 1 fully saturated rings. The highest BCUT2D eigenvalue weighted by Crippen LogP contribution is 2.26. The average molecular weight is 418 g/mol. The molecule has 0 saturated carbocycles. The summed E-state index contributed by atoms with van der Waals surface area (Å²) >= 11 is 0. The first-order chi connectivity index (χ1) is 15.1. The molecule has 7 nitrogen and oxygen atoms in total. The second-order valence-electron chi connectivity index (χ2n) is 7.78. The number of piperidine rings is 1. The fraction of sp³-hybridized carbons (Fsp3) is 0.333. The second kappa shape index (κ2) is 9.12. The fourth-order valence-electron chi connectivity index (χ4n) is 4.14.